The first kappa shape index (κ1) is 26.8. The number of nitrogens with zero attached hydrogens (tertiary/aromatic N) is 1. The van der Waals surface area contributed by atoms with Gasteiger partial charge in [-0.25, -0.2) is 9.59 Å². The van der Waals surface area contributed by atoms with E-state index in [0.717, 1.165) is 31.2 Å². The minimum Gasteiger partial charge on any atom is -0.492 e. The van der Waals surface area contributed by atoms with Crippen molar-refractivity contribution < 1.29 is 28.9 Å². The van der Waals surface area contributed by atoms with Crippen LogP contribution in [-0.4, -0.2) is 61.1 Å². The Kier molecular flexibility index (Phi) is 13.4. The molecule has 0 bridgehead atoms. The third kappa shape index (κ3) is 10.5. The molecule has 0 radical (unpaired) electrons. The molecule has 0 spiro atoms. The van der Waals surface area contributed by atoms with Crippen molar-refractivity contribution in [2.24, 2.45) is 5.92 Å². The Bertz CT molecular complexity index is 627. The molecule has 0 aromatic heterocycles. The molecular formula is C24H39NO6. The third-order valence-electron chi connectivity index (χ3n) is 5.02. The Morgan fingerprint density at radius 1 is 1.00 bits per heavy atom. The van der Waals surface area contributed by atoms with E-state index in [1.807, 2.05) is 31.2 Å². The second-order valence-electron chi connectivity index (χ2n) is 7.57. The van der Waals surface area contributed by atoms with E-state index in [9.17, 15) is 14.7 Å². The molecule has 31 heavy (non-hydrogen) atoms. The van der Waals surface area contributed by atoms with Crippen LogP contribution in [0.3, 0.4) is 0 Å². The standard InChI is InChI=1S/C24H39NO6/c1-5-9-20(10-6-2)18-25(24(28)30-8-4)15-16-31-21-13-11-19(12-14-21)17-22(23(26)27)29-7-3/h11-14,20,22H,5-10,15-18H2,1-4H3,(H,26,27). The molecular weight excluding hydrogens is 398 g/mol. The lowest BCUT2D eigenvalue weighted by molar-refractivity contribution is -0.149. The van der Waals surface area contributed by atoms with Gasteiger partial charge in [0.1, 0.15) is 12.4 Å². The highest BCUT2D eigenvalue weighted by Gasteiger charge is 2.20. The fraction of sp³-hybridized carbons (Fsp3) is 0.667. The van der Waals surface area contributed by atoms with Gasteiger partial charge in [0, 0.05) is 19.6 Å². The molecule has 1 aromatic rings. The fourth-order valence-corrected chi connectivity index (χ4v) is 3.56. The van der Waals surface area contributed by atoms with Crippen molar-refractivity contribution in [2.45, 2.75) is 65.9 Å². The smallest absolute Gasteiger partial charge is 0.409 e. The molecule has 1 amide bonds. The summed E-state index contributed by atoms with van der Waals surface area (Å²) >= 11 is 0. The van der Waals surface area contributed by atoms with E-state index in [1.54, 1.807) is 11.8 Å². The highest BCUT2D eigenvalue weighted by atomic mass is 16.6. The summed E-state index contributed by atoms with van der Waals surface area (Å²) in [5, 5.41) is 9.21. The number of hydrogen-bond donors (Lipinski definition) is 1. The fourth-order valence-electron chi connectivity index (χ4n) is 3.56. The topological polar surface area (TPSA) is 85.3 Å². The molecule has 7 heteroatoms. The molecule has 1 atom stereocenters. The maximum absolute atomic E-state index is 12.4. The summed E-state index contributed by atoms with van der Waals surface area (Å²) in [6, 6.07) is 7.30. The Labute approximate surface area is 186 Å². The molecule has 0 saturated heterocycles. The lowest BCUT2D eigenvalue weighted by Crippen LogP contribution is -2.38. The molecule has 176 valence electrons. The van der Waals surface area contributed by atoms with Crippen LogP contribution in [0.2, 0.25) is 0 Å². The number of rotatable bonds is 16. The van der Waals surface area contributed by atoms with Gasteiger partial charge < -0.3 is 24.2 Å². The summed E-state index contributed by atoms with van der Waals surface area (Å²) in [4.78, 5) is 25.4. The van der Waals surface area contributed by atoms with Gasteiger partial charge in [-0.05, 0) is 50.3 Å². The number of amides is 1. The summed E-state index contributed by atoms with van der Waals surface area (Å²) in [7, 11) is 0. The predicted molar refractivity (Wildman–Crippen MR) is 121 cm³/mol. The van der Waals surface area contributed by atoms with Gasteiger partial charge in [-0.15, -0.1) is 0 Å². The molecule has 0 aliphatic carbocycles. The second kappa shape index (κ2) is 15.5. The minimum atomic E-state index is -0.967. The maximum atomic E-state index is 12.4. The molecule has 0 heterocycles. The first-order chi connectivity index (χ1) is 14.9. The zero-order valence-corrected chi connectivity index (χ0v) is 19.5. The first-order valence-electron chi connectivity index (χ1n) is 11.4. The Balaban J connectivity index is 2.63. The highest BCUT2D eigenvalue weighted by Crippen LogP contribution is 2.17. The Morgan fingerprint density at radius 3 is 2.16 bits per heavy atom. The van der Waals surface area contributed by atoms with Gasteiger partial charge >= 0.3 is 12.1 Å². The van der Waals surface area contributed by atoms with E-state index in [2.05, 4.69) is 13.8 Å². The maximum Gasteiger partial charge on any atom is 0.409 e. The average molecular weight is 438 g/mol. The van der Waals surface area contributed by atoms with Gasteiger partial charge in [0.2, 0.25) is 0 Å². The normalized spacial score (nSPS) is 11.9. The zero-order valence-electron chi connectivity index (χ0n) is 19.5. The number of carboxylic acid groups (broad SMARTS) is 1. The quantitative estimate of drug-likeness (QED) is 0.401. The lowest BCUT2D eigenvalue weighted by Gasteiger charge is -2.27. The lowest BCUT2D eigenvalue weighted by atomic mass is 9.98. The highest BCUT2D eigenvalue weighted by molar-refractivity contribution is 5.72. The molecule has 0 saturated carbocycles. The molecule has 0 aliphatic heterocycles. The average Bonchev–Trinajstić information content (AvgIpc) is 2.74. The minimum absolute atomic E-state index is 0.297. The van der Waals surface area contributed by atoms with E-state index in [-0.39, 0.29) is 6.09 Å². The summed E-state index contributed by atoms with van der Waals surface area (Å²) in [5.41, 5.74) is 0.864. The molecule has 1 aromatic carbocycles. The Morgan fingerprint density at radius 2 is 1.65 bits per heavy atom. The van der Waals surface area contributed by atoms with E-state index in [4.69, 9.17) is 14.2 Å². The van der Waals surface area contributed by atoms with Crippen molar-refractivity contribution in [1.82, 2.24) is 4.90 Å². The molecule has 1 N–H and O–H groups in total. The number of carbonyl (C=O) groups excluding carboxylic acids is 1. The van der Waals surface area contributed by atoms with Gasteiger partial charge in [0.15, 0.2) is 6.10 Å². The third-order valence-corrected chi connectivity index (χ3v) is 5.02. The largest absolute Gasteiger partial charge is 0.492 e. The van der Waals surface area contributed by atoms with Crippen LogP contribution in [0.15, 0.2) is 24.3 Å². The van der Waals surface area contributed by atoms with Crippen LogP contribution < -0.4 is 4.74 Å². The number of ether oxygens (including phenoxy) is 3. The van der Waals surface area contributed by atoms with Gasteiger partial charge in [-0.1, -0.05) is 38.8 Å². The Hall–Kier alpha value is -2.28. The van der Waals surface area contributed by atoms with E-state index in [0.29, 0.717) is 51.0 Å². The molecule has 0 fully saturated rings. The van der Waals surface area contributed by atoms with Gasteiger partial charge in [-0.2, -0.15) is 0 Å². The molecule has 1 unspecified atom stereocenters. The SMILES string of the molecule is CCCC(CCC)CN(CCOc1ccc(CC(OCC)C(=O)O)cc1)C(=O)OCC. The van der Waals surface area contributed by atoms with Crippen LogP contribution in [0.5, 0.6) is 5.75 Å². The predicted octanol–water partition coefficient (Wildman–Crippen LogP) is 4.77. The first-order valence-corrected chi connectivity index (χ1v) is 11.4. The summed E-state index contributed by atoms with van der Waals surface area (Å²) in [5.74, 6) is 0.173. The van der Waals surface area contributed by atoms with Crippen molar-refractivity contribution in [3.8, 4) is 5.75 Å². The van der Waals surface area contributed by atoms with Crippen molar-refractivity contribution in [1.29, 1.82) is 0 Å². The van der Waals surface area contributed by atoms with Crippen molar-refractivity contribution in [3.63, 3.8) is 0 Å². The number of carbonyl (C=O) groups is 2. The number of aliphatic carboxylic acids is 1. The van der Waals surface area contributed by atoms with Crippen molar-refractivity contribution >= 4 is 12.1 Å². The number of hydrogen-bond acceptors (Lipinski definition) is 5. The monoisotopic (exact) mass is 437 g/mol. The van der Waals surface area contributed by atoms with Crippen LogP contribution in [0.4, 0.5) is 4.79 Å². The van der Waals surface area contributed by atoms with E-state index >= 15 is 0 Å². The molecule has 1 rings (SSSR count). The van der Waals surface area contributed by atoms with Crippen molar-refractivity contribution in [2.75, 3.05) is 32.9 Å². The second-order valence-corrected chi connectivity index (χ2v) is 7.57. The van der Waals surface area contributed by atoms with E-state index < -0.39 is 12.1 Å². The molecule has 0 aliphatic rings. The zero-order chi connectivity index (χ0) is 23.1. The van der Waals surface area contributed by atoms with Gasteiger partial charge in [0.05, 0.1) is 13.2 Å². The van der Waals surface area contributed by atoms with Crippen LogP contribution >= 0.6 is 0 Å². The van der Waals surface area contributed by atoms with Crippen LogP contribution in [0, 0.1) is 5.92 Å². The van der Waals surface area contributed by atoms with Crippen LogP contribution in [0.25, 0.3) is 0 Å². The van der Waals surface area contributed by atoms with Crippen LogP contribution in [0.1, 0.15) is 58.9 Å². The van der Waals surface area contributed by atoms with E-state index in [1.165, 1.54) is 0 Å². The summed E-state index contributed by atoms with van der Waals surface area (Å²) < 4.78 is 16.3. The van der Waals surface area contributed by atoms with Gasteiger partial charge in [0.25, 0.3) is 0 Å². The van der Waals surface area contributed by atoms with Crippen LogP contribution in [-0.2, 0) is 20.7 Å². The number of benzene rings is 1. The van der Waals surface area contributed by atoms with Crippen molar-refractivity contribution in [3.05, 3.63) is 29.8 Å². The number of carboxylic acids is 1. The molecule has 7 nitrogen and oxygen atoms in total. The summed E-state index contributed by atoms with van der Waals surface area (Å²) in [6.07, 6.45) is 3.52. The summed E-state index contributed by atoms with van der Waals surface area (Å²) in [6.45, 7) is 10.1. The van der Waals surface area contributed by atoms with Gasteiger partial charge in [-0.3, -0.25) is 0 Å².